The largest absolute Gasteiger partial charge is 0.330 e. The van der Waals surface area contributed by atoms with E-state index in [-0.39, 0.29) is 0 Å². The normalized spacial score (nSPS) is 42.0. The predicted octanol–water partition coefficient (Wildman–Crippen LogP) is 1.24. The van der Waals surface area contributed by atoms with Gasteiger partial charge in [-0.25, -0.2) is 0 Å². The fourth-order valence-electron chi connectivity index (χ4n) is 1.53. The highest BCUT2D eigenvalue weighted by atomic mass is 14.7. The Morgan fingerprint density at radius 2 is 1.88 bits per heavy atom. The minimum atomic E-state index is 0.550. The van der Waals surface area contributed by atoms with E-state index < -0.39 is 0 Å². The Labute approximate surface area is 51.3 Å². The van der Waals surface area contributed by atoms with Gasteiger partial charge in [0.2, 0.25) is 0 Å². The molecule has 1 rings (SSSR count). The molecule has 0 bridgehead atoms. The summed E-state index contributed by atoms with van der Waals surface area (Å²) in [7, 11) is 0. The molecule has 1 heteroatoms. The third-order valence-electron chi connectivity index (χ3n) is 2.88. The van der Waals surface area contributed by atoms with Crippen molar-refractivity contribution in [3.63, 3.8) is 0 Å². The van der Waals surface area contributed by atoms with Crippen molar-refractivity contribution in [3.8, 4) is 0 Å². The van der Waals surface area contributed by atoms with Gasteiger partial charge in [0, 0.05) is 0 Å². The molecule has 2 atom stereocenters. The van der Waals surface area contributed by atoms with Gasteiger partial charge in [-0.15, -0.1) is 0 Å². The lowest BCUT2D eigenvalue weighted by Gasteiger charge is -1.96. The van der Waals surface area contributed by atoms with E-state index in [4.69, 9.17) is 5.73 Å². The Balaban J connectivity index is 2.45. The molecule has 8 heavy (non-hydrogen) atoms. The molecular weight excluding hydrogens is 98.1 g/mol. The fraction of sp³-hybridized carbons (Fsp3) is 1.00. The lowest BCUT2D eigenvalue weighted by Crippen LogP contribution is -2.05. The minimum Gasteiger partial charge on any atom is -0.330 e. The van der Waals surface area contributed by atoms with Crippen molar-refractivity contribution in [2.75, 3.05) is 6.54 Å². The zero-order valence-corrected chi connectivity index (χ0v) is 5.94. The molecule has 2 N–H and O–H groups in total. The number of nitrogens with two attached hydrogens (primary N) is 1. The summed E-state index contributed by atoms with van der Waals surface area (Å²) in [6.45, 7) is 7.72. The molecular formula is C7H15N. The van der Waals surface area contributed by atoms with Crippen molar-refractivity contribution in [3.05, 3.63) is 0 Å². The average Bonchev–Trinajstić information content (AvgIpc) is 2.09. The van der Waals surface area contributed by atoms with Crippen LogP contribution in [0.4, 0.5) is 0 Å². The van der Waals surface area contributed by atoms with Crippen LogP contribution in [0, 0.1) is 17.3 Å². The molecule has 2 unspecified atom stereocenters. The van der Waals surface area contributed by atoms with E-state index in [1.54, 1.807) is 0 Å². The van der Waals surface area contributed by atoms with Crippen LogP contribution in [0.15, 0.2) is 0 Å². The Hall–Kier alpha value is -0.0400. The molecule has 0 spiro atoms. The van der Waals surface area contributed by atoms with Crippen molar-refractivity contribution in [1.82, 2.24) is 0 Å². The van der Waals surface area contributed by atoms with Crippen molar-refractivity contribution in [2.45, 2.75) is 20.8 Å². The first kappa shape index (κ1) is 6.09. The smallest absolute Gasteiger partial charge is 0.00409 e. The second-order valence-corrected chi connectivity index (χ2v) is 3.45. The highest BCUT2D eigenvalue weighted by molar-refractivity contribution is 5.02. The summed E-state index contributed by atoms with van der Waals surface area (Å²) < 4.78 is 0. The standard InChI is InChI=1S/C7H15N/c1-5-6(4-8)7(5,2)3/h5-6H,4,8H2,1-3H3. The molecule has 1 fully saturated rings. The molecule has 0 amide bonds. The fourth-order valence-corrected chi connectivity index (χ4v) is 1.53. The van der Waals surface area contributed by atoms with E-state index in [1.807, 2.05) is 0 Å². The molecule has 1 nitrogen and oxygen atoms in total. The van der Waals surface area contributed by atoms with Crippen molar-refractivity contribution in [2.24, 2.45) is 23.0 Å². The third kappa shape index (κ3) is 0.576. The van der Waals surface area contributed by atoms with Crippen molar-refractivity contribution >= 4 is 0 Å². The highest BCUT2D eigenvalue weighted by Crippen LogP contribution is 2.56. The van der Waals surface area contributed by atoms with Crippen molar-refractivity contribution in [1.29, 1.82) is 0 Å². The topological polar surface area (TPSA) is 26.0 Å². The second kappa shape index (κ2) is 1.47. The third-order valence-corrected chi connectivity index (χ3v) is 2.88. The molecule has 48 valence electrons. The SMILES string of the molecule is CC1C(CN)C1(C)C. The van der Waals surface area contributed by atoms with E-state index in [9.17, 15) is 0 Å². The Bertz CT molecular complexity index is 96.6. The second-order valence-electron chi connectivity index (χ2n) is 3.45. The van der Waals surface area contributed by atoms with E-state index in [1.165, 1.54) is 0 Å². The van der Waals surface area contributed by atoms with E-state index in [2.05, 4.69) is 20.8 Å². The number of hydrogen-bond acceptors (Lipinski definition) is 1. The van der Waals surface area contributed by atoms with Gasteiger partial charge in [0.15, 0.2) is 0 Å². The van der Waals surface area contributed by atoms with Crippen molar-refractivity contribution < 1.29 is 0 Å². The van der Waals surface area contributed by atoms with Crippen LogP contribution in [0.1, 0.15) is 20.8 Å². The van der Waals surface area contributed by atoms with Gasteiger partial charge < -0.3 is 5.73 Å². The molecule has 0 saturated heterocycles. The van der Waals surface area contributed by atoms with Crippen LogP contribution >= 0.6 is 0 Å². The van der Waals surface area contributed by atoms with Crippen LogP contribution in [0.2, 0.25) is 0 Å². The van der Waals surface area contributed by atoms with Crippen LogP contribution in [0.25, 0.3) is 0 Å². The summed E-state index contributed by atoms with van der Waals surface area (Å²) in [6.07, 6.45) is 0. The van der Waals surface area contributed by atoms with Gasteiger partial charge in [-0.05, 0) is 23.8 Å². The molecule has 0 aromatic heterocycles. The average molecular weight is 113 g/mol. The van der Waals surface area contributed by atoms with Crippen LogP contribution in [0.3, 0.4) is 0 Å². The van der Waals surface area contributed by atoms with Gasteiger partial charge >= 0.3 is 0 Å². The van der Waals surface area contributed by atoms with Gasteiger partial charge in [-0.2, -0.15) is 0 Å². The number of rotatable bonds is 1. The Morgan fingerprint density at radius 1 is 1.50 bits per heavy atom. The lowest BCUT2D eigenvalue weighted by molar-refractivity contribution is 0.548. The highest BCUT2D eigenvalue weighted by Gasteiger charge is 2.53. The molecule has 1 saturated carbocycles. The summed E-state index contributed by atoms with van der Waals surface area (Å²) in [5.41, 5.74) is 6.05. The van der Waals surface area contributed by atoms with Gasteiger partial charge in [0.05, 0.1) is 0 Å². The molecule has 0 heterocycles. The first-order valence-electron chi connectivity index (χ1n) is 3.30. The first-order valence-corrected chi connectivity index (χ1v) is 3.30. The van der Waals surface area contributed by atoms with Gasteiger partial charge in [-0.1, -0.05) is 20.8 Å². The summed E-state index contributed by atoms with van der Waals surface area (Å²) >= 11 is 0. The quantitative estimate of drug-likeness (QED) is 0.544. The van der Waals surface area contributed by atoms with Crippen LogP contribution in [-0.4, -0.2) is 6.54 Å². The monoisotopic (exact) mass is 113 g/mol. The Morgan fingerprint density at radius 3 is 1.88 bits per heavy atom. The Kier molecular flexibility index (Phi) is 1.12. The lowest BCUT2D eigenvalue weighted by atomic mass is 10.1. The molecule has 1 aliphatic carbocycles. The maximum absolute atomic E-state index is 5.50. The maximum Gasteiger partial charge on any atom is -0.00409 e. The van der Waals surface area contributed by atoms with E-state index in [0.29, 0.717) is 5.41 Å². The first-order chi connectivity index (χ1) is 3.60. The molecule has 0 aromatic carbocycles. The van der Waals surface area contributed by atoms with E-state index >= 15 is 0 Å². The van der Waals surface area contributed by atoms with Gasteiger partial charge in [0.25, 0.3) is 0 Å². The number of hydrogen-bond donors (Lipinski definition) is 1. The zero-order valence-electron chi connectivity index (χ0n) is 5.94. The summed E-state index contributed by atoms with van der Waals surface area (Å²) in [5.74, 6) is 1.65. The molecule has 0 aliphatic heterocycles. The minimum absolute atomic E-state index is 0.550. The van der Waals surface area contributed by atoms with Crippen LogP contribution < -0.4 is 5.73 Å². The zero-order chi connectivity index (χ0) is 6.36. The summed E-state index contributed by atoms with van der Waals surface area (Å²) in [5, 5.41) is 0. The summed E-state index contributed by atoms with van der Waals surface area (Å²) in [6, 6.07) is 0. The summed E-state index contributed by atoms with van der Waals surface area (Å²) in [4.78, 5) is 0. The van der Waals surface area contributed by atoms with E-state index in [0.717, 1.165) is 18.4 Å². The maximum atomic E-state index is 5.50. The van der Waals surface area contributed by atoms with Gasteiger partial charge in [0.1, 0.15) is 0 Å². The van der Waals surface area contributed by atoms with Crippen LogP contribution in [0.5, 0.6) is 0 Å². The predicted molar refractivity (Wildman–Crippen MR) is 35.5 cm³/mol. The van der Waals surface area contributed by atoms with Crippen LogP contribution in [-0.2, 0) is 0 Å². The molecule has 1 aliphatic rings. The van der Waals surface area contributed by atoms with Gasteiger partial charge in [-0.3, -0.25) is 0 Å². The molecule has 0 aromatic rings. The molecule has 0 radical (unpaired) electrons.